The summed E-state index contributed by atoms with van der Waals surface area (Å²) in [5.74, 6) is 0.939. The summed E-state index contributed by atoms with van der Waals surface area (Å²) in [5, 5.41) is 3.88. The maximum absolute atomic E-state index is 6.05. The fourth-order valence-electron chi connectivity index (χ4n) is 1.39. The van der Waals surface area contributed by atoms with E-state index >= 15 is 0 Å². The van der Waals surface area contributed by atoms with Gasteiger partial charge in [0.15, 0.2) is 0 Å². The quantitative estimate of drug-likeness (QED) is 0.857. The Labute approximate surface area is 105 Å². The molecule has 5 heteroatoms. The average molecular weight is 249 g/mol. The van der Waals surface area contributed by atoms with Crippen LogP contribution in [-0.2, 0) is 0 Å². The zero-order chi connectivity index (χ0) is 12.4. The predicted octanol–water partition coefficient (Wildman–Crippen LogP) is 3.07. The van der Waals surface area contributed by atoms with Crippen molar-refractivity contribution in [2.75, 3.05) is 11.1 Å². The van der Waals surface area contributed by atoms with Crippen LogP contribution in [0.2, 0.25) is 5.02 Å². The number of aromatic nitrogens is 2. The summed E-state index contributed by atoms with van der Waals surface area (Å²) in [7, 11) is 0. The molecule has 88 valence electrons. The Balaban J connectivity index is 2.31. The van der Waals surface area contributed by atoms with Crippen LogP contribution in [0, 0.1) is 13.8 Å². The van der Waals surface area contributed by atoms with Gasteiger partial charge in [0.25, 0.3) is 0 Å². The molecule has 0 fully saturated rings. The van der Waals surface area contributed by atoms with E-state index in [1.54, 1.807) is 6.20 Å². The fraction of sp³-hybridized carbons (Fsp3) is 0.167. The summed E-state index contributed by atoms with van der Waals surface area (Å²) in [6.07, 6.45) is 1.68. The monoisotopic (exact) mass is 248 g/mol. The van der Waals surface area contributed by atoms with Gasteiger partial charge < -0.3 is 11.1 Å². The van der Waals surface area contributed by atoms with Gasteiger partial charge in [-0.2, -0.15) is 4.98 Å². The molecule has 1 aromatic carbocycles. The lowest BCUT2D eigenvalue weighted by Gasteiger charge is -2.09. The zero-order valence-corrected chi connectivity index (χ0v) is 10.4. The van der Waals surface area contributed by atoms with Crippen molar-refractivity contribution in [1.82, 2.24) is 9.97 Å². The normalized spacial score (nSPS) is 10.3. The topological polar surface area (TPSA) is 63.8 Å². The zero-order valence-electron chi connectivity index (χ0n) is 9.66. The van der Waals surface area contributed by atoms with Crippen LogP contribution < -0.4 is 11.1 Å². The predicted molar refractivity (Wildman–Crippen MR) is 70.7 cm³/mol. The molecule has 3 N–H and O–H groups in total. The maximum atomic E-state index is 6.05. The molecule has 0 aliphatic rings. The number of benzene rings is 1. The van der Waals surface area contributed by atoms with E-state index in [-0.39, 0.29) is 5.95 Å². The van der Waals surface area contributed by atoms with Crippen LogP contribution in [0.5, 0.6) is 0 Å². The molecule has 0 atom stereocenters. The molecule has 17 heavy (non-hydrogen) atoms. The highest BCUT2D eigenvalue weighted by Crippen LogP contribution is 2.23. The first kappa shape index (κ1) is 11.7. The average Bonchev–Trinajstić information content (AvgIpc) is 2.29. The third-order valence-corrected chi connectivity index (χ3v) is 2.83. The number of halogens is 1. The van der Waals surface area contributed by atoms with E-state index in [0.717, 1.165) is 21.8 Å². The van der Waals surface area contributed by atoms with Gasteiger partial charge in [0, 0.05) is 22.5 Å². The van der Waals surface area contributed by atoms with Crippen molar-refractivity contribution in [3.63, 3.8) is 0 Å². The van der Waals surface area contributed by atoms with E-state index in [4.69, 9.17) is 17.3 Å². The van der Waals surface area contributed by atoms with E-state index in [1.807, 2.05) is 32.0 Å². The maximum Gasteiger partial charge on any atom is 0.221 e. The number of rotatable bonds is 2. The number of nitrogens with two attached hydrogens (primary N) is 1. The summed E-state index contributed by atoms with van der Waals surface area (Å²) < 4.78 is 0. The van der Waals surface area contributed by atoms with Crippen LogP contribution in [0.25, 0.3) is 0 Å². The first-order chi connectivity index (χ1) is 8.06. The Morgan fingerprint density at radius 1 is 1.24 bits per heavy atom. The third-order valence-electron chi connectivity index (χ3n) is 2.42. The van der Waals surface area contributed by atoms with Gasteiger partial charge >= 0.3 is 0 Å². The van der Waals surface area contributed by atoms with E-state index < -0.39 is 0 Å². The van der Waals surface area contributed by atoms with Gasteiger partial charge in [0.2, 0.25) is 5.95 Å². The minimum atomic E-state index is 0.247. The van der Waals surface area contributed by atoms with Gasteiger partial charge in [-0.25, -0.2) is 4.98 Å². The molecule has 0 saturated carbocycles. The fourth-order valence-corrected chi connectivity index (χ4v) is 1.57. The van der Waals surface area contributed by atoms with E-state index in [0.29, 0.717) is 5.82 Å². The number of nitrogens with zero attached hydrogens (tertiary/aromatic N) is 2. The second-order valence-electron chi connectivity index (χ2n) is 3.85. The minimum Gasteiger partial charge on any atom is -0.368 e. The van der Waals surface area contributed by atoms with Gasteiger partial charge in [-0.15, -0.1) is 0 Å². The summed E-state index contributed by atoms with van der Waals surface area (Å²) in [4.78, 5) is 8.05. The standard InChI is InChI=1S/C12H13ClN4/c1-7-3-4-9(5-10(7)13)16-11-8(2)6-15-12(14)17-11/h3-6H,1-2H3,(H3,14,15,16,17). The lowest BCUT2D eigenvalue weighted by molar-refractivity contribution is 1.15. The van der Waals surface area contributed by atoms with Gasteiger partial charge in [0.1, 0.15) is 5.82 Å². The van der Waals surface area contributed by atoms with Gasteiger partial charge in [-0.05, 0) is 31.5 Å². The third kappa shape index (κ3) is 2.65. The Morgan fingerprint density at radius 3 is 2.71 bits per heavy atom. The van der Waals surface area contributed by atoms with Crippen molar-refractivity contribution >= 4 is 29.1 Å². The summed E-state index contributed by atoms with van der Waals surface area (Å²) in [5.41, 5.74) is 8.39. The number of hydrogen-bond donors (Lipinski definition) is 2. The molecule has 1 heterocycles. The first-order valence-electron chi connectivity index (χ1n) is 5.18. The molecule has 2 rings (SSSR count). The van der Waals surface area contributed by atoms with Crippen LogP contribution in [-0.4, -0.2) is 9.97 Å². The smallest absolute Gasteiger partial charge is 0.221 e. The number of nitrogens with one attached hydrogen (secondary N) is 1. The molecule has 0 amide bonds. The molecule has 0 aliphatic carbocycles. The highest BCUT2D eigenvalue weighted by atomic mass is 35.5. The molecule has 2 aromatic rings. The van der Waals surface area contributed by atoms with E-state index in [2.05, 4.69) is 15.3 Å². The van der Waals surface area contributed by atoms with Crippen molar-refractivity contribution < 1.29 is 0 Å². The number of nitrogen functional groups attached to an aromatic ring is 1. The van der Waals surface area contributed by atoms with Crippen LogP contribution in [0.15, 0.2) is 24.4 Å². The van der Waals surface area contributed by atoms with Crippen LogP contribution in [0.1, 0.15) is 11.1 Å². The number of aryl methyl sites for hydroxylation is 2. The Morgan fingerprint density at radius 2 is 2.00 bits per heavy atom. The van der Waals surface area contributed by atoms with Crippen molar-refractivity contribution in [1.29, 1.82) is 0 Å². The highest BCUT2D eigenvalue weighted by molar-refractivity contribution is 6.31. The summed E-state index contributed by atoms with van der Waals surface area (Å²) in [6, 6.07) is 5.75. The molecular weight excluding hydrogens is 236 g/mol. The number of anilines is 3. The Hall–Kier alpha value is -1.81. The second-order valence-corrected chi connectivity index (χ2v) is 4.26. The number of hydrogen-bond acceptors (Lipinski definition) is 4. The molecule has 0 radical (unpaired) electrons. The highest BCUT2D eigenvalue weighted by Gasteiger charge is 2.03. The molecule has 0 bridgehead atoms. The lowest BCUT2D eigenvalue weighted by atomic mass is 10.2. The van der Waals surface area contributed by atoms with Crippen molar-refractivity contribution in [2.24, 2.45) is 0 Å². The molecule has 0 unspecified atom stereocenters. The molecule has 0 aliphatic heterocycles. The van der Waals surface area contributed by atoms with Gasteiger partial charge in [-0.3, -0.25) is 0 Å². The molecule has 0 saturated heterocycles. The van der Waals surface area contributed by atoms with Crippen LogP contribution >= 0.6 is 11.6 Å². The van der Waals surface area contributed by atoms with Gasteiger partial charge in [0.05, 0.1) is 0 Å². The van der Waals surface area contributed by atoms with Crippen molar-refractivity contribution in [2.45, 2.75) is 13.8 Å². The largest absolute Gasteiger partial charge is 0.368 e. The van der Waals surface area contributed by atoms with Crippen LogP contribution in [0.3, 0.4) is 0 Å². The molecule has 1 aromatic heterocycles. The lowest BCUT2D eigenvalue weighted by Crippen LogP contribution is -2.01. The first-order valence-corrected chi connectivity index (χ1v) is 5.56. The van der Waals surface area contributed by atoms with Gasteiger partial charge in [-0.1, -0.05) is 17.7 Å². The van der Waals surface area contributed by atoms with Crippen LogP contribution in [0.4, 0.5) is 17.5 Å². The minimum absolute atomic E-state index is 0.247. The van der Waals surface area contributed by atoms with Crippen molar-refractivity contribution in [3.8, 4) is 0 Å². The Kier molecular flexibility index (Phi) is 3.15. The molecule has 4 nitrogen and oxygen atoms in total. The Bertz CT molecular complexity index is 554. The molecule has 0 spiro atoms. The van der Waals surface area contributed by atoms with E-state index in [9.17, 15) is 0 Å². The second kappa shape index (κ2) is 4.59. The summed E-state index contributed by atoms with van der Waals surface area (Å²) >= 11 is 6.05. The van der Waals surface area contributed by atoms with E-state index in [1.165, 1.54) is 0 Å². The SMILES string of the molecule is Cc1ccc(Nc2nc(N)ncc2C)cc1Cl. The van der Waals surface area contributed by atoms with Crippen molar-refractivity contribution in [3.05, 3.63) is 40.5 Å². The molecular formula is C12H13ClN4. The summed E-state index contributed by atoms with van der Waals surface area (Å²) in [6.45, 7) is 3.87.